The average molecular weight is 198 g/mol. The molecule has 0 spiro atoms. The zero-order chi connectivity index (χ0) is 8.97. The minimum atomic E-state index is 0.550. The van der Waals surface area contributed by atoms with Crippen molar-refractivity contribution in [2.45, 2.75) is 0 Å². The van der Waals surface area contributed by atoms with Gasteiger partial charge in [0.05, 0.1) is 6.07 Å². The molecule has 0 N–H and O–H groups in total. The van der Waals surface area contributed by atoms with Crippen LogP contribution >= 0.6 is 23.2 Å². The van der Waals surface area contributed by atoms with E-state index in [1.807, 2.05) is 6.07 Å². The predicted octanol–water partition coefficient (Wildman–Crippen LogP) is 3.53. The summed E-state index contributed by atoms with van der Waals surface area (Å²) < 4.78 is 0. The number of nitrogens with zero attached hydrogens (tertiary/aromatic N) is 1. The van der Waals surface area contributed by atoms with Gasteiger partial charge in [0.1, 0.15) is 0 Å². The molecule has 0 unspecified atom stereocenters. The fourth-order valence-corrected chi connectivity index (χ4v) is 1.31. The SMILES string of the molecule is N#CC=Cc1c(Cl)cccc1Cl. The highest BCUT2D eigenvalue weighted by Gasteiger charge is 1.99. The summed E-state index contributed by atoms with van der Waals surface area (Å²) in [6, 6.07) is 7.08. The fourth-order valence-electron chi connectivity index (χ4n) is 0.791. The van der Waals surface area contributed by atoms with Gasteiger partial charge in [0.25, 0.3) is 0 Å². The number of halogens is 2. The van der Waals surface area contributed by atoms with E-state index in [2.05, 4.69) is 0 Å². The molecular weight excluding hydrogens is 193 g/mol. The molecule has 0 saturated carbocycles. The summed E-state index contributed by atoms with van der Waals surface area (Å²) in [6.45, 7) is 0. The van der Waals surface area contributed by atoms with Crippen molar-refractivity contribution in [3.8, 4) is 6.07 Å². The Morgan fingerprint density at radius 3 is 2.33 bits per heavy atom. The molecule has 0 atom stereocenters. The summed E-state index contributed by atoms with van der Waals surface area (Å²) in [5, 5.41) is 9.39. The van der Waals surface area contributed by atoms with Crippen LogP contribution < -0.4 is 0 Å². The van der Waals surface area contributed by atoms with Crippen LogP contribution in [0.2, 0.25) is 10.0 Å². The van der Waals surface area contributed by atoms with Gasteiger partial charge in [-0.25, -0.2) is 0 Å². The Kier molecular flexibility index (Phi) is 3.16. The summed E-state index contributed by atoms with van der Waals surface area (Å²) >= 11 is 11.6. The van der Waals surface area contributed by atoms with Crippen molar-refractivity contribution in [1.82, 2.24) is 0 Å². The van der Waals surface area contributed by atoms with E-state index in [-0.39, 0.29) is 0 Å². The van der Waals surface area contributed by atoms with Gasteiger partial charge in [-0.1, -0.05) is 29.3 Å². The molecule has 3 heteroatoms. The van der Waals surface area contributed by atoms with Gasteiger partial charge in [0, 0.05) is 21.7 Å². The highest BCUT2D eigenvalue weighted by atomic mass is 35.5. The maximum atomic E-state index is 8.29. The Bertz CT molecular complexity index is 330. The van der Waals surface area contributed by atoms with E-state index < -0.39 is 0 Å². The first-order chi connectivity index (χ1) is 5.75. The smallest absolute Gasteiger partial charge is 0.0912 e. The molecule has 0 radical (unpaired) electrons. The largest absolute Gasteiger partial charge is 0.193 e. The maximum Gasteiger partial charge on any atom is 0.0912 e. The molecule has 1 aromatic rings. The first-order valence-corrected chi connectivity index (χ1v) is 4.01. The summed E-state index contributed by atoms with van der Waals surface area (Å²) in [7, 11) is 0. The molecule has 0 fully saturated rings. The Morgan fingerprint density at radius 1 is 1.25 bits per heavy atom. The number of hydrogen-bond donors (Lipinski definition) is 0. The first-order valence-electron chi connectivity index (χ1n) is 3.26. The lowest BCUT2D eigenvalue weighted by Gasteiger charge is -1.98. The van der Waals surface area contributed by atoms with Gasteiger partial charge in [-0.2, -0.15) is 5.26 Å². The van der Waals surface area contributed by atoms with Gasteiger partial charge in [0.2, 0.25) is 0 Å². The van der Waals surface area contributed by atoms with E-state index in [9.17, 15) is 0 Å². The number of benzene rings is 1. The van der Waals surface area contributed by atoms with Crippen LogP contribution in [0.4, 0.5) is 0 Å². The van der Waals surface area contributed by atoms with Crippen LogP contribution in [0.1, 0.15) is 5.56 Å². The van der Waals surface area contributed by atoms with Crippen molar-refractivity contribution < 1.29 is 0 Å². The van der Waals surface area contributed by atoms with Crippen LogP contribution in [0.5, 0.6) is 0 Å². The van der Waals surface area contributed by atoms with E-state index in [1.165, 1.54) is 6.08 Å². The Morgan fingerprint density at radius 2 is 1.83 bits per heavy atom. The van der Waals surface area contributed by atoms with Crippen molar-refractivity contribution in [2.75, 3.05) is 0 Å². The van der Waals surface area contributed by atoms with Crippen LogP contribution in [0.15, 0.2) is 24.3 Å². The van der Waals surface area contributed by atoms with Crippen LogP contribution in [0, 0.1) is 11.3 Å². The average Bonchev–Trinajstić information content (AvgIpc) is 2.04. The number of nitriles is 1. The summed E-state index contributed by atoms with van der Waals surface area (Å²) in [5.74, 6) is 0. The third-order valence-electron chi connectivity index (χ3n) is 1.32. The quantitative estimate of drug-likeness (QED) is 0.633. The topological polar surface area (TPSA) is 23.8 Å². The van der Waals surface area contributed by atoms with E-state index in [0.29, 0.717) is 15.6 Å². The Labute approximate surface area is 80.8 Å². The first kappa shape index (κ1) is 9.12. The second-order valence-electron chi connectivity index (χ2n) is 2.10. The second-order valence-corrected chi connectivity index (χ2v) is 2.91. The normalized spacial score (nSPS) is 10.1. The molecule has 60 valence electrons. The monoisotopic (exact) mass is 197 g/mol. The van der Waals surface area contributed by atoms with E-state index in [1.54, 1.807) is 24.3 Å². The van der Waals surface area contributed by atoms with Gasteiger partial charge < -0.3 is 0 Å². The third-order valence-corrected chi connectivity index (χ3v) is 1.98. The van der Waals surface area contributed by atoms with Crippen molar-refractivity contribution in [3.05, 3.63) is 39.9 Å². The maximum absolute atomic E-state index is 8.29. The standard InChI is InChI=1S/C9H5Cl2N/c10-8-4-1-5-9(11)7(8)3-2-6-12/h1-5H. The van der Waals surface area contributed by atoms with Crippen molar-refractivity contribution in [2.24, 2.45) is 0 Å². The molecule has 0 aliphatic heterocycles. The molecule has 0 heterocycles. The van der Waals surface area contributed by atoms with Gasteiger partial charge in [0.15, 0.2) is 0 Å². The van der Waals surface area contributed by atoms with Gasteiger partial charge in [-0.15, -0.1) is 0 Å². The summed E-state index contributed by atoms with van der Waals surface area (Å²) in [4.78, 5) is 0. The van der Waals surface area contributed by atoms with E-state index in [0.717, 1.165) is 0 Å². The fraction of sp³-hybridized carbons (Fsp3) is 0. The molecule has 0 bridgehead atoms. The molecule has 12 heavy (non-hydrogen) atoms. The molecular formula is C9H5Cl2N. The van der Waals surface area contributed by atoms with E-state index >= 15 is 0 Å². The molecule has 0 amide bonds. The number of allylic oxidation sites excluding steroid dienone is 1. The summed E-state index contributed by atoms with van der Waals surface area (Å²) in [6.07, 6.45) is 2.93. The lowest BCUT2D eigenvalue weighted by atomic mass is 10.2. The minimum absolute atomic E-state index is 0.550. The molecule has 1 aromatic carbocycles. The lowest BCUT2D eigenvalue weighted by molar-refractivity contribution is 1.54. The van der Waals surface area contributed by atoms with Crippen molar-refractivity contribution in [3.63, 3.8) is 0 Å². The van der Waals surface area contributed by atoms with Crippen LogP contribution in [0.25, 0.3) is 6.08 Å². The zero-order valence-corrected chi connectivity index (χ0v) is 7.60. The van der Waals surface area contributed by atoms with Gasteiger partial charge in [-0.3, -0.25) is 0 Å². The minimum Gasteiger partial charge on any atom is -0.193 e. The molecule has 1 nitrogen and oxygen atoms in total. The van der Waals surface area contributed by atoms with Gasteiger partial charge >= 0.3 is 0 Å². The zero-order valence-electron chi connectivity index (χ0n) is 6.09. The highest BCUT2D eigenvalue weighted by Crippen LogP contribution is 2.25. The number of rotatable bonds is 1. The molecule has 1 rings (SSSR count). The van der Waals surface area contributed by atoms with Gasteiger partial charge in [-0.05, 0) is 18.2 Å². The Balaban J connectivity index is 3.15. The molecule has 0 aliphatic rings. The predicted molar refractivity (Wildman–Crippen MR) is 51.1 cm³/mol. The molecule has 0 aromatic heterocycles. The Hall–Kier alpha value is -0.970. The third kappa shape index (κ3) is 2.01. The molecule has 0 saturated heterocycles. The van der Waals surface area contributed by atoms with Crippen molar-refractivity contribution in [1.29, 1.82) is 5.26 Å². The lowest BCUT2D eigenvalue weighted by Crippen LogP contribution is -1.75. The van der Waals surface area contributed by atoms with Crippen molar-refractivity contribution >= 4 is 29.3 Å². The number of hydrogen-bond acceptors (Lipinski definition) is 1. The van der Waals surface area contributed by atoms with E-state index in [4.69, 9.17) is 28.5 Å². The molecule has 0 aliphatic carbocycles. The second kappa shape index (κ2) is 4.15. The van der Waals surface area contributed by atoms with Crippen LogP contribution in [0.3, 0.4) is 0 Å². The highest BCUT2D eigenvalue weighted by molar-refractivity contribution is 6.37. The summed E-state index contributed by atoms with van der Waals surface area (Å²) in [5.41, 5.74) is 0.683. The van der Waals surface area contributed by atoms with Crippen LogP contribution in [-0.4, -0.2) is 0 Å². The van der Waals surface area contributed by atoms with Crippen LogP contribution in [-0.2, 0) is 0 Å².